The van der Waals surface area contributed by atoms with Gasteiger partial charge in [-0.15, -0.1) is 10.2 Å². The van der Waals surface area contributed by atoms with Crippen LogP contribution in [0, 0.1) is 6.92 Å². The summed E-state index contributed by atoms with van der Waals surface area (Å²) < 4.78 is 2.02. The number of aromatic nitrogens is 3. The van der Waals surface area contributed by atoms with E-state index in [1.807, 2.05) is 24.6 Å². The zero-order valence-corrected chi connectivity index (χ0v) is 11.2. The van der Waals surface area contributed by atoms with Crippen molar-refractivity contribution in [2.75, 3.05) is 0 Å². The zero-order chi connectivity index (χ0) is 13.0. The monoisotopic (exact) mass is 244 g/mol. The SMILES string of the molecule is CCC(NCc1nnc(C)n1C)c1ccccc1. The molecule has 1 aromatic heterocycles. The summed E-state index contributed by atoms with van der Waals surface area (Å²) in [7, 11) is 2.00. The molecular weight excluding hydrogens is 224 g/mol. The van der Waals surface area contributed by atoms with Gasteiger partial charge in [0.05, 0.1) is 6.54 Å². The first-order chi connectivity index (χ1) is 8.72. The Morgan fingerprint density at radius 3 is 2.50 bits per heavy atom. The van der Waals surface area contributed by atoms with E-state index in [1.54, 1.807) is 0 Å². The quantitative estimate of drug-likeness (QED) is 0.878. The van der Waals surface area contributed by atoms with Gasteiger partial charge in [0.1, 0.15) is 11.6 Å². The molecule has 1 atom stereocenters. The molecular formula is C14H20N4. The van der Waals surface area contributed by atoms with E-state index < -0.39 is 0 Å². The van der Waals surface area contributed by atoms with Crippen molar-refractivity contribution in [2.24, 2.45) is 7.05 Å². The Morgan fingerprint density at radius 1 is 1.22 bits per heavy atom. The molecule has 0 aliphatic rings. The van der Waals surface area contributed by atoms with Gasteiger partial charge in [-0.1, -0.05) is 37.3 Å². The number of nitrogens with one attached hydrogen (secondary N) is 1. The minimum atomic E-state index is 0.364. The van der Waals surface area contributed by atoms with Gasteiger partial charge >= 0.3 is 0 Å². The molecule has 0 spiro atoms. The standard InChI is InChI=1S/C14H20N4/c1-4-13(12-8-6-5-7-9-12)15-10-14-17-16-11(2)18(14)3/h5-9,13,15H,4,10H2,1-3H3. The Kier molecular flexibility index (Phi) is 4.10. The molecule has 1 aromatic carbocycles. The summed E-state index contributed by atoms with van der Waals surface area (Å²) in [6, 6.07) is 10.9. The van der Waals surface area contributed by atoms with Gasteiger partial charge in [0.2, 0.25) is 0 Å². The van der Waals surface area contributed by atoms with Crippen molar-refractivity contribution >= 4 is 0 Å². The average Bonchev–Trinajstić information content (AvgIpc) is 2.72. The Hall–Kier alpha value is -1.68. The van der Waals surface area contributed by atoms with Crippen molar-refractivity contribution in [3.05, 3.63) is 47.5 Å². The van der Waals surface area contributed by atoms with E-state index in [0.29, 0.717) is 6.04 Å². The molecule has 1 heterocycles. The summed E-state index contributed by atoms with van der Waals surface area (Å²) in [6.07, 6.45) is 1.06. The van der Waals surface area contributed by atoms with Crippen LogP contribution in [-0.2, 0) is 13.6 Å². The molecule has 0 bridgehead atoms. The van der Waals surface area contributed by atoms with Crippen LogP contribution in [0.2, 0.25) is 0 Å². The fraction of sp³-hybridized carbons (Fsp3) is 0.429. The summed E-state index contributed by atoms with van der Waals surface area (Å²) in [6.45, 7) is 4.89. The summed E-state index contributed by atoms with van der Waals surface area (Å²) in [5, 5.41) is 11.8. The fourth-order valence-electron chi connectivity index (χ4n) is 2.00. The predicted octanol–water partition coefficient (Wildman–Crippen LogP) is 2.36. The average molecular weight is 244 g/mol. The molecule has 0 aliphatic heterocycles. The van der Waals surface area contributed by atoms with Crippen molar-refractivity contribution in [1.29, 1.82) is 0 Å². The third kappa shape index (κ3) is 2.76. The molecule has 0 amide bonds. The highest BCUT2D eigenvalue weighted by atomic mass is 15.3. The number of hydrogen-bond donors (Lipinski definition) is 1. The lowest BCUT2D eigenvalue weighted by Crippen LogP contribution is -2.22. The van der Waals surface area contributed by atoms with E-state index in [4.69, 9.17) is 0 Å². The van der Waals surface area contributed by atoms with Gasteiger partial charge in [0.25, 0.3) is 0 Å². The highest BCUT2D eigenvalue weighted by Gasteiger charge is 2.10. The van der Waals surface area contributed by atoms with E-state index >= 15 is 0 Å². The summed E-state index contributed by atoms with van der Waals surface area (Å²) in [4.78, 5) is 0. The molecule has 1 N–H and O–H groups in total. The Morgan fingerprint density at radius 2 is 1.94 bits per heavy atom. The van der Waals surface area contributed by atoms with E-state index in [1.165, 1.54) is 5.56 Å². The van der Waals surface area contributed by atoms with Crippen molar-refractivity contribution < 1.29 is 0 Å². The van der Waals surface area contributed by atoms with Gasteiger partial charge in [0.15, 0.2) is 0 Å². The van der Waals surface area contributed by atoms with Crippen molar-refractivity contribution in [3.63, 3.8) is 0 Å². The lowest BCUT2D eigenvalue weighted by Gasteiger charge is -2.17. The maximum Gasteiger partial charge on any atom is 0.146 e. The van der Waals surface area contributed by atoms with Gasteiger partial charge in [-0.2, -0.15) is 0 Å². The van der Waals surface area contributed by atoms with Crippen LogP contribution < -0.4 is 5.32 Å². The van der Waals surface area contributed by atoms with Crippen molar-refractivity contribution in [3.8, 4) is 0 Å². The zero-order valence-electron chi connectivity index (χ0n) is 11.2. The van der Waals surface area contributed by atoms with Crippen LogP contribution >= 0.6 is 0 Å². The summed E-state index contributed by atoms with van der Waals surface area (Å²) in [5.41, 5.74) is 1.32. The maximum atomic E-state index is 4.17. The van der Waals surface area contributed by atoms with E-state index in [-0.39, 0.29) is 0 Å². The molecule has 1 unspecified atom stereocenters. The summed E-state index contributed by atoms with van der Waals surface area (Å²) >= 11 is 0. The minimum Gasteiger partial charge on any atom is -0.317 e. The van der Waals surface area contributed by atoms with Crippen LogP contribution in [0.3, 0.4) is 0 Å². The first-order valence-electron chi connectivity index (χ1n) is 6.35. The third-order valence-corrected chi connectivity index (χ3v) is 3.30. The minimum absolute atomic E-state index is 0.364. The number of rotatable bonds is 5. The highest BCUT2D eigenvalue weighted by Crippen LogP contribution is 2.16. The number of nitrogens with zero attached hydrogens (tertiary/aromatic N) is 3. The number of benzene rings is 1. The van der Waals surface area contributed by atoms with Crippen LogP contribution in [0.15, 0.2) is 30.3 Å². The molecule has 2 aromatic rings. The molecule has 4 nitrogen and oxygen atoms in total. The Bertz CT molecular complexity index is 490. The van der Waals surface area contributed by atoms with Crippen LogP contribution in [0.25, 0.3) is 0 Å². The third-order valence-electron chi connectivity index (χ3n) is 3.30. The predicted molar refractivity (Wildman–Crippen MR) is 72.1 cm³/mol. The van der Waals surface area contributed by atoms with Gasteiger partial charge in [-0.05, 0) is 18.9 Å². The van der Waals surface area contributed by atoms with Crippen LogP contribution in [0.5, 0.6) is 0 Å². The second-order valence-electron chi connectivity index (χ2n) is 4.47. The van der Waals surface area contributed by atoms with Crippen molar-refractivity contribution in [1.82, 2.24) is 20.1 Å². The lowest BCUT2D eigenvalue weighted by molar-refractivity contribution is 0.501. The Labute approximate surface area is 108 Å². The molecule has 0 saturated heterocycles. The van der Waals surface area contributed by atoms with Gasteiger partial charge < -0.3 is 9.88 Å². The molecule has 2 rings (SSSR count). The van der Waals surface area contributed by atoms with E-state index in [2.05, 4.69) is 46.7 Å². The lowest BCUT2D eigenvalue weighted by atomic mass is 10.0. The largest absolute Gasteiger partial charge is 0.317 e. The first kappa shape index (κ1) is 12.8. The number of aryl methyl sites for hydroxylation is 1. The molecule has 18 heavy (non-hydrogen) atoms. The molecule has 0 radical (unpaired) electrons. The smallest absolute Gasteiger partial charge is 0.146 e. The summed E-state index contributed by atoms with van der Waals surface area (Å²) in [5.74, 6) is 1.92. The Balaban J connectivity index is 2.02. The first-order valence-corrected chi connectivity index (χ1v) is 6.35. The fourth-order valence-corrected chi connectivity index (χ4v) is 2.00. The molecule has 96 valence electrons. The van der Waals surface area contributed by atoms with Gasteiger partial charge in [-0.3, -0.25) is 0 Å². The molecule has 4 heteroatoms. The molecule has 0 saturated carbocycles. The van der Waals surface area contributed by atoms with Crippen LogP contribution in [-0.4, -0.2) is 14.8 Å². The van der Waals surface area contributed by atoms with Gasteiger partial charge in [-0.25, -0.2) is 0 Å². The number of hydrogen-bond acceptors (Lipinski definition) is 3. The highest BCUT2D eigenvalue weighted by molar-refractivity contribution is 5.18. The van der Waals surface area contributed by atoms with Crippen LogP contribution in [0.1, 0.15) is 36.6 Å². The normalized spacial score (nSPS) is 12.6. The van der Waals surface area contributed by atoms with Crippen molar-refractivity contribution in [2.45, 2.75) is 32.9 Å². The molecule has 0 aliphatic carbocycles. The maximum absolute atomic E-state index is 4.17. The van der Waals surface area contributed by atoms with E-state index in [9.17, 15) is 0 Å². The van der Waals surface area contributed by atoms with Gasteiger partial charge in [0, 0.05) is 13.1 Å². The van der Waals surface area contributed by atoms with E-state index in [0.717, 1.165) is 24.6 Å². The van der Waals surface area contributed by atoms with Crippen LogP contribution in [0.4, 0.5) is 0 Å². The topological polar surface area (TPSA) is 42.7 Å². The second-order valence-corrected chi connectivity index (χ2v) is 4.47. The second kappa shape index (κ2) is 5.78. The molecule has 0 fully saturated rings.